The van der Waals surface area contributed by atoms with Gasteiger partial charge in [0.25, 0.3) is 5.91 Å². The Hall–Kier alpha value is -2.76. The normalized spacial score (nSPS) is 12.7. The topological polar surface area (TPSA) is 84.0 Å². The summed E-state index contributed by atoms with van der Waals surface area (Å²) in [6.07, 6.45) is 3.90. The number of carbonyl (C=O) groups is 2. The smallest absolute Gasteiger partial charge is 0.270 e. The van der Waals surface area contributed by atoms with Crippen LogP contribution >= 0.6 is 0 Å². The summed E-state index contributed by atoms with van der Waals surface area (Å²) in [5, 5.41) is 5.40. The third-order valence-corrected chi connectivity index (χ3v) is 3.64. The number of nitrogens with zero attached hydrogens (tertiary/aromatic N) is 2. The number of amides is 2. The third-order valence-electron chi connectivity index (χ3n) is 3.64. The highest BCUT2D eigenvalue weighted by molar-refractivity contribution is 5.98. The maximum Gasteiger partial charge on any atom is 0.270 e. The second-order valence-corrected chi connectivity index (χ2v) is 5.38. The number of aromatic nitrogens is 2. The Morgan fingerprint density at radius 3 is 2.38 bits per heavy atom. The summed E-state index contributed by atoms with van der Waals surface area (Å²) in [7, 11) is 0. The minimum Gasteiger partial charge on any atom is -0.347 e. The van der Waals surface area contributed by atoms with Crippen molar-refractivity contribution in [2.45, 2.75) is 54.5 Å². The Kier molecular flexibility index (Phi) is 8.42. The molecule has 0 fully saturated rings. The molecule has 0 spiro atoms. The first kappa shape index (κ1) is 21.3. The molecule has 2 aliphatic rings. The molecule has 26 heavy (non-hydrogen) atoms. The van der Waals surface area contributed by atoms with Crippen LogP contribution in [0.2, 0.25) is 0 Å². The van der Waals surface area contributed by atoms with Crippen LogP contribution in [-0.4, -0.2) is 21.8 Å². The quantitative estimate of drug-likeness (QED) is 0.756. The minimum absolute atomic E-state index is 0.0399. The summed E-state index contributed by atoms with van der Waals surface area (Å²) in [5.74, 6) is 0.711. The first-order valence-electron chi connectivity index (χ1n) is 9.02. The Morgan fingerprint density at radius 2 is 1.73 bits per heavy atom. The van der Waals surface area contributed by atoms with Gasteiger partial charge in [-0.15, -0.1) is 0 Å². The van der Waals surface area contributed by atoms with E-state index in [0.29, 0.717) is 18.7 Å². The van der Waals surface area contributed by atoms with Crippen LogP contribution in [0.5, 0.6) is 0 Å². The van der Waals surface area contributed by atoms with E-state index >= 15 is 0 Å². The van der Waals surface area contributed by atoms with E-state index in [2.05, 4.69) is 20.6 Å². The van der Waals surface area contributed by atoms with E-state index in [1.807, 2.05) is 53.7 Å². The minimum atomic E-state index is -0.0521. The zero-order chi connectivity index (χ0) is 19.7. The highest BCUT2D eigenvalue weighted by Gasteiger charge is 2.21. The maximum absolute atomic E-state index is 11.0. The molecule has 0 unspecified atom stereocenters. The number of carbonyl (C=O) groups excluding carboxylic acids is 2. The molecule has 4 rings (SSSR count). The molecule has 0 saturated heterocycles. The van der Waals surface area contributed by atoms with Gasteiger partial charge in [-0.05, 0) is 31.0 Å². The van der Waals surface area contributed by atoms with Gasteiger partial charge in [-0.25, -0.2) is 4.98 Å². The molecule has 0 saturated carbocycles. The standard InChI is InChI=1S/2C8H8N2O.2C2H6/c1-5-2-6-3-7(11)10-8(6)9-4-5;1-5-2-3-9-7-6(5)4-10-8(7)11;2*1-2/h2,4H,3H2,1H3,(H,9,10,11);2-3H,4H2,1H3,(H,10,11);2*1-2H3. The van der Waals surface area contributed by atoms with E-state index in [9.17, 15) is 9.59 Å². The lowest BCUT2D eigenvalue weighted by Gasteiger charge is -1.96. The second-order valence-electron chi connectivity index (χ2n) is 5.38. The van der Waals surface area contributed by atoms with Gasteiger partial charge in [0.15, 0.2) is 0 Å². The van der Waals surface area contributed by atoms with Crippen molar-refractivity contribution in [1.82, 2.24) is 15.3 Å². The Balaban J connectivity index is 0.000000219. The average molecular weight is 356 g/mol. The van der Waals surface area contributed by atoms with E-state index in [4.69, 9.17) is 0 Å². The van der Waals surface area contributed by atoms with Gasteiger partial charge in [0, 0.05) is 30.1 Å². The zero-order valence-electron chi connectivity index (χ0n) is 16.4. The van der Waals surface area contributed by atoms with Crippen molar-refractivity contribution >= 4 is 17.6 Å². The fourth-order valence-corrected chi connectivity index (χ4v) is 2.49. The lowest BCUT2D eigenvalue weighted by molar-refractivity contribution is -0.115. The van der Waals surface area contributed by atoms with Crippen molar-refractivity contribution in [3.63, 3.8) is 0 Å². The van der Waals surface area contributed by atoms with Gasteiger partial charge in [0.2, 0.25) is 5.91 Å². The first-order valence-corrected chi connectivity index (χ1v) is 9.02. The summed E-state index contributed by atoms with van der Waals surface area (Å²) in [6, 6.07) is 3.90. The van der Waals surface area contributed by atoms with Crippen molar-refractivity contribution in [2.75, 3.05) is 5.32 Å². The molecular weight excluding hydrogens is 328 g/mol. The lowest BCUT2D eigenvalue weighted by Crippen LogP contribution is -2.13. The number of fused-ring (bicyclic) bond motifs is 2. The number of hydrogen-bond acceptors (Lipinski definition) is 4. The molecule has 2 aliphatic heterocycles. The monoisotopic (exact) mass is 356 g/mol. The molecular formula is C20H28N4O2. The van der Waals surface area contributed by atoms with Gasteiger partial charge in [-0.3, -0.25) is 14.6 Å². The Bertz CT molecular complexity index is 772. The lowest BCUT2D eigenvalue weighted by atomic mass is 10.1. The molecule has 0 aromatic carbocycles. The van der Waals surface area contributed by atoms with Crippen LogP contribution in [0, 0.1) is 13.8 Å². The molecule has 2 amide bonds. The molecule has 4 heterocycles. The molecule has 2 N–H and O–H groups in total. The number of aryl methyl sites for hydroxylation is 2. The Labute approximate surface area is 155 Å². The molecule has 6 heteroatoms. The van der Waals surface area contributed by atoms with E-state index in [-0.39, 0.29) is 11.8 Å². The number of pyridine rings is 2. The van der Waals surface area contributed by atoms with Crippen molar-refractivity contribution in [3.05, 3.63) is 52.5 Å². The van der Waals surface area contributed by atoms with E-state index in [1.54, 1.807) is 12.4 Å². The van der Waals surface area contributed by atoms with Gasteiger partial charge in [-0.2, -0.15) is 0 Å². The van der Waals surface area contributed by atoms with Crippen molar-refractivity contribution in [3.8, 4) is 0 Å². The molecule has 2 aromatic heterocycles. The fraction of sp³-hybridized carbons (Fsp3) is 0.400. The number of rotatable bonds is 0. The van der Waals surface area contributed by atoms with Crippen LogP contribution in [-0.2, 0) is 17.8 Å². The van der Waals surface area contributed by atoms with Crippen LogP contribution in [0.25, 0.3) is 0 Å². The highest BCUT2D eigenvalue weighted by Crippen LogP contribution is 2.20. The molecule has 0 bridgehead atoms. The van der Waals surface area contributed by atoms with Crippen LogP contribution in [0.1, 0.15) is 60.4 Å². The van der Waals surface area contributed by atoms with Gasteiger partial charge in [-0.1, -0.05) is 33.8 Å². The average Bonchev–Trinajstić information content (AvgIpc) is 3.22. The van der Waals surface area contributed by atoms with Crippen molar-refractivity contribution < 1.29 is 9.59 Å². The van der Waals surface area contributed by atoms with Crippen LogP contribution in [0.3, 0.4) is 0 Å². The van der Waals surface area contributed by atoms with Gasteiger partial charge in [0.05, 0.1) is 6.42 Å². The number of anilines is 1. The van der Waals surface area contributed by atoms with E-state index in [0.717, 1.165) is 28.1 Å². The van der Waals surface area contributed by atoms with Crippen LogP contribution in [0.15, 0.2) is 24.5 Å². The predicted octanol–water partition coefficient (Wildman–Crippen LogP) is 3.57. The molecule has 0 aliphatic carbocycles. The van der Waals surface area contributed by atoms with Gasteiger partial charge >= 0.3 is 0 Å². The zero-order valence-corrected chi connectivity index (χ0v) is 16.4. The fourth-order valence-electron chi connectivity index (χ4n) is 2.49. The van der Waals surface area contributed by atoms with Crippen molar-refractivity contribution in [2.24, 2.45) is 0 Å². The maximum atomic E-state index is 11.0. The summed E-state index contributed by atoms with van der Waals surface area (Å²) in [6.45, 7) is 12.6. The third kappa shape index (κ3) is 5.12. The van der Waals surface area contributed by atoms with Crippen molar-refractivity contribution in [1.29, 1.82) is 0 Å². The molecule has 6 nitrogen and oxygen atoms in total. The molecule has 0 atom stereocenters. The summed E-state index contributed by atoms with van der Waals surface area (Å²) < 4.78 is 0. The molecule has 0 radical (unpaired) electrons. The molecule has 2 aromatic rings. The predicted molar refractivity (Wildman–Crippen MR) is 104 cm³/mol. The van der Waals surface area contributed by atoms with Gasteiger partial charge < -0.3 is 10.6 Å². The van der Waals surface area contributed by atoms with Crippen LogP contribution in [0.4, 0.5) is 5.82 Å². The number of hydrogen-bond donors (Lipinski definition) is 2. The van der Waals surface area contributed by atoms with Crippen LogP contribution < -0.4 is 10.6 Å². The number of nitrogens with one attached hydrogen (secondary N) is 2. The summed E-state index contributed by atoms with van der Waals surface area (Å²) in [4.78, 5) is 30.0. The van der Waals surface area contributed by atoms with E-state index < -0.39 is 0 Å². The Morgan fingerprint density at radius 1 is 1.04 bits per heavy atom. The highest BCUT2D eigenvalue weighted by atomic mass is 16.2. The SMILES string of the molecule is CC.CC.Cc1ccnc2c1CNC2=O.Cc1cnc2c(c1)CC(=O)N2. The largest absolute Gasteiger partial charge is 0.347 e. The van der Waals surface area contributed by atoms with Gasteiger partial charge in [0.1, 0.15) is 11.5 Å². The van der Waals surface area contributed by atoms with E-state index in [1.165, 1.54) is 0 Å². The second kappa shape index (κ2) is 10.3. The first-order chi connectivity index (χ1) is 12.5. The molecule has 140 valence electrons. The summed E-state index contributed by atoms with van der Waals surface area (Å²) >= 11 is 0. The summed E-state index contributed by atoms with van der Waals surface area (Å²) in [5.41, 5.74) is 4.87.